The van der Waals surface area contributed by atoms with Gasteiger partial charge in [-0.05, 0) is 17.0 Å². The van der Waals surface area contributed by atoms with Gasteiger partial charge in [0.1, 0.15) is 0 Å². The lowest BCUT2D eigenvalue weighted by atomic mass is 9.95. The van der Waals surface area contributed by atoms with Crippen molar-refractivity contribution < 1.29 is 29.5 Å². The number of rotatable bonds is 9. The van der Waals surface area contributed by atoms with E-state index in [-0.39, 0.29) is 37.6 Å². The van der Waals surface area contributed by atoms with Crippen molar-refractivity contribution in [2.45, 2.75) is 6.04 Å². The zero-order chi connectivity index (χ0) is 21.0. The van der Waals surface area contributed by atoms with E-state index in [9.17, 15) is 24.8 Å². The number of carbonyl (C=O) groups is 2. The molecule has 29 heavy (non-hydrogen) atoms. The number of nitro benzene ring substituents is 1. The number of ether oxygens (including phenoxy) is 1. The van der Waals surface area contributed by atoms with E-state index in [0.29, 0.717) is 10.4 Å². The maximum Gasteiger partial charge on any atom is 0.290 e. The molecule has 2 N–H and O–H groups in total. The molecule has 0 saturated carbocycles. The quantitative estimate of drug-likeness (QED) is 0.276. The predicted octanol–water partition coefficient (Wildman–Crippen LogP) is 2.24. The number of aliphatic hydroxyl groups excluding tert-OH is 2. The van der Waals surface area contributed by atoms with Crippen molar-refractivity contribution in [3.8, 4) is 0 Å². The summed E-state index contributed by atoms with van der Waals surface area (Å²) in [6.45, 7) is -0.0271. The molecule has 0 fully saturated rings. The largest absolute Gasteiger partial charge is 0.503 e. The lowest BCUT2D eigenvalue weighted by Gasteiger charge is -2.26. The SMILES string of the molecule is O=C(C1=C(O)C(=O)N(CCOCCO)[C@@H]1c1cccc([N+](=O)[O-])c1)c1cccs1. The smallest absolute Gasteiger partial charge is 0.290 e. The number of nitro groups is 1. The van der Waals surface area contributed by atoms with E-state index >= 15 is 0 Å². The molecule has 0 bridgehead atoms. The molecule has 2 heterocycles. The van der Waals surface area contributed by atoms with Gasteiger partial charge in [-0.1, -0.05) is 18.2 Å². The van der Waals surface area contributed by atoms with E-state index in [4.69, 9.17) is 9.84 Å². The summed E-state index contributed by atoms with van der Waals surface area (Å²) >= 11 is 1.17. The van der Waals surface area contributed by atoms with E-state index in [1.54, 1.807) is 23.6 Å². The van der Waals surface area contributed by atoms with Crippen molar-refractivity contribution in [3.05, 3.63) is 73.7 Å². The Bertz CT molecular complexity index is 955. The number of non-ortho nitro benzene ring substituents is 1. The molecule has 1 aromatic heterocycles. The van der Waals surface area contributed by atoms with Gasteiger partial charge in [-0.15, -0.1) is 11.3 Å². The predicted molar refractivity (Wildman–Crippen MR) is 104 cm³/mol. The van der Waals surface area contributed by atoms with Crippen LogP contribution in [0, 0.1) is 10.1 Å². The molecule has 0 radical (unpaired) electrons. The summed E-state index contributed by atoms with van der Waals surface area (Å²) in [5, 5.41) is 32.2. The van der Waals surface area contributed by atoms with Gasteiger partial charge in [0, 0.05) is 18.7 Å². The van der Waals surface area contributed by atoms with Gasteiger partial charge in [-0.2, -0.15) is 0 Å². The van der Waals surface area contributed by atoms with E-state index in [1.165, 1.54) is 34.4 Å². The molecule has 1 atom stereocenters. The Balaban J connectivity index is 2.02. The summed E-state index contributed by atoms with van der Waals surface area (Å²) in [5.41, 5.74) is 0.0134. The second-order valence-corrected chi connectivity index (χ2v) is 7.11. The average Bonchev–Trinajstić information content (AvgIpc) is 3.33. The summed E-state index contributed by atoms with van der Waals surface area (Å²) in [7, 11) is 0. The normalized spacial score (nSPS) is 16.5. The fraction of sp³-hybridized carbons (Fsp3) is 0.263. The van der Waals surface area contributed by atoms with Crippen LogP contribution in [0.1, 0.15) is 21.3 Å². The highest BCUT2D eigenvalue weighted by Gasteiger charge is 2.44. The third-order valence-electron chi connectivity index (χ3n) is 4.40. The van der Waals surface area contributed by atoms with E-state index in [0.717, 1.165) is 0 Å². The van der Waals surface area contributed by atoms with Crippen LogP contribution in [0.2, 0.25) is 0 Å². The first-order chi connectivity index (χ1) is 14.0. The molecule has 9 nitrogen and oxygen atoms in total. The number of benzene rings is 1. The van der Waals surface area contributed by atoms with Crippen LogP contribution in [-0.4, -0.2) is 58.1 Å². The lowest BCUT2D eigenvalue weighted by Crippen LogP contribution is -2.34. The summed E-state index contributed by atoms with van der Waals surface area (Å²) < 4.78 is 5.21. The molecule has 152 valence electrons. The maximum absolute atomic E-state index is 13.0. The first kappa shape index (κ1) is 20.6. The van der Waals surface area contributed by atoms with Crippen molar-refractivity contribution in [1.29, 1.82) is 0 Å². The zero-order valence-electron chi connectivity index (χ0n) is 15.2. The monoisotopic (exact) mass is 418 g/mol. The number of nitrogens with zero attached hydrogens (tertiary/aromatic N) is 2. The van der Waals surface area contributed by atoms with Crippen LogP contribution in [-0.2, 0) is 9.53 Å². The summed E-state index contributed by atoms with van der Waals surface area (Å²) in [6.07, 6.45) is 0. The van der Waals surface area contributed by atoms with E-state index < -0.39 is 28.4 Å². The van der Waals surface area contributed by atoms with Crippen molar-refractivity contribution in [2.75, 3.05) is 26.4 Å². The number of carbonyl (C=O) groups excluding carboxylic acids is 2. The van der Waals surface area contributed by atoms with Crippen LogP contribution in [0.3, 0.4) is 0 Å². The van der Waals surface area contributed by atoms with Gasteiger partial charge >= 0.3 is 0 Å². The van der Waals surface area contributed by atoms with Crippen LogP contribution < -0.4 is 0 Å². The molecular weight excluding hydrogens is 400 g/mol. The zero-order valence-corrected chi connectivity index (χ0v) is 16.0. The Hall–Kier alpha value is -3.08. The van der Waals surface area contributed by atoms with Gasteiger partial charge in [0.15, 0.2) is 5.76 Å². The third-order valence-corrected chi connectivity index (χ3v) is 5.27. The van der Waals surface area contributed by atoms with Crippen molar-refractivity contribution in [2.24, 2.45) is 0 Å². The Morgan fingerprint density at radius 1 is 1.28 bits per heavy atom. The van der Waals surface area contributed by atoms with Crippen LogP contribution in [0.25, 0.3) is 0 Å². The maximum atomic E-state index is 13.0. The van der Waals surface area contributed by atoms with Gasteiger partial charge in [-0.25, -0.2) is 0 Å². The van der Waals surface area contributed by atoms with Gasteiger partial charge in [0.25, 0.3) is 11.6 Å². The number of thiophene rings is 1. The third kappa shape index (κ3) is 4.19. The number of hydrogen-bond donors (Lipinski definition) is 2. The van der Waals surface area contributed by atoms with Crippen molar-refractivity contribution in [3.63, 3.8) is 0 Å². The molecule has 0 saturated heterocycles. The van der Waals surface area contributed by atoms with E-state index in [2.05, 4.69) is 0 Å². The standard InChI is InChI=1S/C19H18N2O7S/c22-7-9-28-8-6-20-16(12-3-1-4-13(11-12)21(26)27)15(18(24)19(20)25)17(23)14-5-2-10-29-14/h1-5,10-11,16,22,24H,6-9H2/t16-/m1/s1. The molecule has 0 unspecified atom stereocenters. The number of Topliss-reactive ketones (excluding diaryl/α,β-unsaturated/α-hetero) is 1. The van der Waals surface area contributed by atoms with Gasteiger partial charge < -0.3 is 19.8 Å². The molecule has 2 aromatic rings. The Morgan fingerprint density at radius 2 is 2.07 bits per heavy atom. The van der Waals surface area contributed by atoms with Crippen LogP contribution in [0.15, 0.2) is 53.1 Å². The lowest BCUT2D eigenvalue weighted by molar-refractivity contribution is -0.384. The summed E-state index contributed by atoms with van der Waals surface area (Å²) in [6, 6.07) is 7.87. The number of ketones is 1. The van der Waals surface area contributed by atoms with Crippen molar-refractivity contribution in [1.82, 2.24) is 4.90 Å². The van der Waals surface area contributed by atoms with Gasteiger partial charge in [0.2, 0.25) is 5.78 Å². The number of aliphatic hydroxyl groups is 2. The molecule has 1 aromatic carbocycles. The minimum Gasteiger partial charge on any atom is -0.503 e. The molecular formula is C19H18N2O7S. The fourth-order valence-electron chi connectivity index (χ4n) is 3.14. The highest BCUT2D eigenvalue weighted by atomic mass is 32.1. The second-order valence-electron chi connectivity index (χ2n) is 6.16. The van der Waals surface area contributed by atoms with Gasteiger partial charge in [0.05, 0.1) is 41.2 Å². The van der Waals surface area contributed by atoms with Crippen LogP contribution >= 0.6 is 11.3 Å². The average molecular weight is 418 g/mol. The second kappa shape index (κ2) is 8.95. The molecule has 10 heteroatoms. The summed E-state index contributed by atoms with van der Waals surface area (Å²) in [4.78, 5) is 37.9. The fourth-order valence-corrected chi connectivity index (χ4v) is 3.82. The van der Waals surface area contributed by atoms with Crippen molar-refractivity contribution >= 4 is 28.7 Å². The number of hydrogen-bond acceptors (Lipinski definition) is 8. The first-order valence-electron chi connectivity index (χ1n) is 8.71. The van der Waals surface area contributed by atoms with E-state index in [1.807, 2.05) is 0 Å². The first-order valence-corrected chi connectivity index (χ1v) is 9.59. The minimum absolute atomic E-state index is 0.0253. The molecule has 3 rings (SSSR count). The Kier molecular flexibility index (Phi) is 6.37. The van der Waals surface area contributed by atoms with Crippen LogP contribution in [0.4, 0.5) is 5.69 Å². The minimum atomic E-state index is -0.991. The topological polar surface area (TPSA) is 130 Å². The number of amides is 1. The highest BCUT2D eigenvalue weighted by molar-refractivity contribution is 7.12. The molecule has 0 spiro atoms. The van der Waals surface area contributed by atoms with Crippen LogP contribution in [0.5, 0.6) is 0 Å². The summed E-state index contributed by atoms with van der Waals surface area (Å²) in [5.74, 6) is -1.95. The molecule has 1 aliphatic rings. The molecule has 1 aliphatic heterocycles. The highest BCUT2D eigenvalue weighted by Crippen LogP contribution is 2.40. The Labute approximate surface area is 169 Å². The molecule has 1 amide bonds. The Morgan fingerprint density at radius 3 is 2.72 bits per heavy atom. The molecule has 0 aliphatic carbocycles. The van der Waals surface area contributed by atoms with Gasteiger partial charge in [-0.3, -0.25) is 19.7 Å².